The maximum absolute atomic E-state index is 12.7. The summed E-state index contributed by atoms with van der Waals surface area (Å²) in [5.74, 6) is 0. The zero-order valence-electron chi connectivity index (χ0n) is 12.6. The van der Waals surface area contributed by atoms with Gasteiger partial charge in [0.05, 0.1) is 5.52 Å². The Kier molecular flexibility index (Phi) is 3.38. The van der Waals surface area contributed by atoms with Crippen molar-refractivity contribution in [2.24, 2.45) is 7.05 Å². The molecule has 0 atom stereocenters. The molecule has 0 amide bonds. The van der Waals surface area contributed by atoms with Crippen LogP contribution in [0.1, 0.15) is 29.5 Å². The second-order valence-electron chi connectivity index (χ2n) is 6.03. The molecule has 1 aliphatic rings. The minimum Gasteiger partial charge on any atom is -0.350 e. The number of hydrogen-bond acceptors (Lipinski definition) is 2. The molecular weight excluding hydrogens is 248 g/mol. The Hall–Kier alpha value is -1.61. The molecule has 3 nitrogen and oxygen atoms in total. The van der Waals surface area contributed by atoms with Crippen molar-refractivity contribution >= 4 is 10.9 Å². The summed E-state index contributed by atoms with van der Waals surface area (Å²) in [5, 5.41) is 0.854. The summed E-state index contributed by atoms with van der Waals surface area (Å²) in [4.78, 5) is 15.1. The van der Waals surface area contributed by atoms with E-state index >= 15 is 0 Å². The van der Waals surface area contributed by atoms with E-state index in [1.54, 1.807) is 0 Å². The van der Waals surface area contributed by atoms with Crippen LogP contribution in [0, 0.1) is 13.8 Å². The highest BCUT2D eigenvalue weighted by atomic mass is 16.1. The van der Waals surface area contributed by atoms with Crippen molar-refractivity contribution < 1.29 is 0 Å². The fraction of sp³-hybridized carbons (Fsp3) is 0.471. The van der Waals surface area contributed by atoms with Crippen molar-refractivity contribution in [3.63, 3.8) is 0 Å². The van der Waals surface area contributed by atoms with Gasteiger partial charge in [0.2, 0.25) is 0 Å². The van der Waals surface area contributed by atoms with Gasteiger partial charge in [-0.05, 0) is 63.0 Å². The molecule has 0 spiro atoms. The van der Waals surface area contributed by atoms with E-state index in [2.05, 4.69) is 29.4 Å². The maximum Gasteiger partial charge on any atom is 0.193 e. The summed E-state index contributed by atoms with van der Waals surface area (Å²) in [7, 11) is 2.03. The Labute approximate surface area is 119 Å². The van der Waals surface area contributed by atoms with Gasteiger partial charge in [-0.15, -0.1) is 0 Å². The normalized spacial score (nSPS) is 16.1. The highest BCUT2D eigenvalue weighted by Crippen LogP contribution is 2.18. The molecule has 1 aromatic carbocycles. The smallest absolute Gasteiger partial charge is 0.193 e. The lowest BCUT2D eigenvalue weighted by Gasteiger charge is -2.16. The van der Waals surface area contributed by atoms with E-state index in [4.69, 9.17) is 0 Å². The minimum atomic E-state index is 0.202. The molecule has 20 heavy (non-hydrogen) atoms. The third kappa shape index (κ3) is 2.27. The average molecular weight is 270 g/mol. The predicted octanol–water partition coefficient (Wildman–Crippen LogP) is 2.75. The van der Waals surface area contributed by atoms with Crippen molar-refractivity contribution in [1.82, 2.24) is 9.47 Å². The Balaban J connectivity index is 2.12. The number of nitrogens with zero attached hydrogens (tertiary/aromatic N) is 2. The first-order valence-electron chi connectivity index (χ1n) is 7.38. The van der Waals surface area contributed by atoms with E-state index in [0.717, 1.165) is 36.1 Å². The third-order valence-corrected chi connectivity index (χ3v) is 4.47. The van der Waals surface area contributed by atoms with E-state index in [0.29, 0.717) is 0 Å². The van der Waals surface area contributed by atoms with Gasteiger partial charge in [-0.1, -0.05) is 0 Å². The van der Waals surface area contributed by atoms with Crippen molar-refractivity contribution in [3.8, 4) is 0 Å². The van der Waals surface area contributed by atoms with Gasteiger partial charge >= 0.3 is 0 Å². The number of likely N-dealkylation sites (tertiary alicyclic amines) is 1. The van der Waals surface area contributed by atoms with Crippen LogP contribution in [0.4, 0.5) is 0 Å². The molecule has 2 heterocycles. The van der Waals surface area contributed by atoms with Gasteiger partial charge in [-0.3, -0.25) is 9.69 Å². The van der Waals surface area contributed by atoms with Gasteiger partial charge in [0.1, 0.15) is 0 Å². The fourth-order valence-corrected chi connectivity index (χ4v) is 3.10. The molecule has 3 rings (SSSR count). The molecule has 0 unspecified atom stereocenters. The number of rotatable bonds is 2. The molecule has 0 N–H and O–H groups in total. The lowest BCUT2D eigenvalue weighted by Crippen LogP contribution is -2.24. The van der Waals surface area contributed by atoms with Crippen molar-refractivity contribution in [1.29, 1.82) is 0 Å². The van der Waals surface area contributed by atoms with E-state index in [-0.39, 0.29) is 5.43 Å². The Morgan fingerprint density at radius 3 is 2.45 bits per heavy atom. The third-order valence-electron chi connectivity index (χ3n) is 4.47. The molecule has 0 saturated carbocycles. The Bertz CT molecular complexity index is 709. The van der Waals surface area contributed by atoms with Crippen LogP contribution in [0.15, 0.2) is 23.1 Å². The highest BCUT2D eigenvalue weighted by molar-refractivity contribution is 5.81. The van der Waals surface area contributed by atoms with Crippen LogP contribution in [-0.2, 0) is 13.6 Å². The van der Waals surface area contributed by atoms with Gasteiger partial charge in [0.15, 0.2) is 5.43 Å². The summed E-state index contributed by atoms with van der Waals surface area (Å²) in [6.07, 6.45) is 4.52. The number of aryl methyl sites for hydroxylation is 3. The second kappa shape index (κ2) is 5.06. The van der Waals surface area contributed by atoms with Crippen LogP contribution in [-0.4, -0.2) is 22.6 Å². The lowest BCUT2D eigenvalue weighted by molar-refractivity contribution is 0.330. The number of aromatic nitrogens is 1. The van der Waals surface area contributed by atoms with E-state index < -0.39 is 0 Å². The lowest BCUT2D eigenvalue weighted by atomic mass is 10.0. The van der Waals surface area contributed by atoms with E-state index in [9.17, 15) is 4.79 Å². The van der Waals surface area contributed by atoms with Gasteiger partial charge in [-0.25, -0.2) is 0 Å². The van der Waals surface area contributed by atoms with Crippen LogP contribution < -0.4 is 5.43 Å². The minimum absolute atomic E-state index is 0.202. The number of fused-ring (bicyclic) bond motifs is 1. The number of pyridine rings is 1. The number of benzene rings is 1. The molecule has 1 aliphatic heterocycles. The summed E-state index contributed by atoms with van der Waals surface area (Å²) in [6.45, 7) is 7.19. The monoisotopic (exact) mass is 270 g/mol. The second-order valence-corrected chi connectivity index (χ2v) is 6.03. The van der Waals surface area contributed by atoms with Crippen LogP contribution in [0.25, 0.3) is 10.9 Å². The summed E-state index contributed by atoms with van der Waals surface area (Å²) >= 11 is 0. The molecule has 0 aliphatic carbocycles. The molecule has 106 valence electrons. The molecule has 1 saturated heterocycles. The van der Waals surface area contributed by atoms with Crippen LogP contribution in [0.3, 0.4) is 0 Å². The van der Waals surface area contributed by atoms with Crippen LogP contribution in [0.5, 0.6) is 0 Å². The van der Waals surface area contributed by atoms with E-state index in [1.807, 2.05) is 19.3 Å². The van der Waals surface area contributed by atoms with Crippen molar-refractivity contribution in [3.05, 3.63) is 45.2 Å². The van der Waals surface area contributed by atoms with Crippen molar-refractivity contribution in [2.45, 2.75) is 33.2 Å². The summed E-state index contributed by atoms with van der Waals surface area (Å²) < 4.78 is 2.09. The number of hydrogen-bond donors (Lipinski definition) is 0. The molecule has 0 radical (unpaired) electrons. The fourth-order valence-electron chi connectivity index (χ4n) is 3.10. The van der Waals surface area contributed by atoms with Crippen LogP contribution in [0.2, 0.25) is 0 Å². The predicted molar refractivity (Wildman–Crippen MR) is 83.2 cm³/mol. The first-order chi connectivity index (χ1) is 9.56. The van der Waals surface area contributed by atoms with Gasteiger partial charge in [-0.2, -0.15) is 0 Å². The zero-order valence-corrected chi connectivity index (χ0v) is 12.6. The SMILES string of the molecule is Cc1cc2c(=O)c(CN3CCCC3)cn(C)c2cc1C. The molecule has 0 bridgehead atoms. The maximum atomic E-state index is 12.7. The highest BCUT2D eigenvalue weighted by Gasteiger charge is 2.15. The summed E-state index contributed by atoms with van der Waals surface area (Å²) in [5.41, 5.74) is 4.58. The van der Waals surface area contributed by atoms with Gasteiger partial charge in [0.25, 0.3) is 0 Å². The molecular formula is C17H22N2O. The molecule has 1 fully saturated rings. The molecule has 1 aromatic heterocycles. The first kappa shape index (κ1) is 13.4. The summed E-state index contributed by atoms with van der Waals surface area (Å²) in [6, 6.07) is 4.16. The van der Waals surface area contributed by atoms with E-state index in [1.165, 1.54) is 24.0 Å². The first-order valence-corrected chi connectivity index (χ1v) is 7.38. The van der Waals surface area contributed by atoms with Crippen LogP contribution >= 0.6 is 0 Å². The molecule has 3 heteroatoms. The Morgan fingerprint density at radius 1 is 1.10 bits per heavy atom. The molecule has 2 aromatic rings. The van der Waals surface area contributed by atoms with Gasteiger partial charge in [0, 0.05) is 30.7 Å². The topological polar surface area (TPSA) is 25.2 Å². The van der Waals surface area contributed by atoms with Gasteiger partial charge < -0.3 is 4.57 Å². The zero-order chi connectivity index (χ0) is 14.3. The standard InChI is InChI=1S/C17H22N2O/c1-12-8-15-16(9-13(12)2)18(3)10-14(17(15)20)11-19-6-4-5-7-19/h8-10H,4-7,11H2,1-3H3. The average Bonchev–Trinajstić information content (AvgIpc) is 2.91. The Morgan fingerprint density at radius 2 is 1.75 bits per heavy atom. The largest absolute Gasteiger partial charge is 0.350 e. The quantitative estimate of drug-likeness (QED) is 0.838. The van der Waals surface area contributed by atoms with Crippen molar-refractivity contribution in [2.75, 3.05) is 13.1 Å².